The zero-order chi connectivity index (χ0) is 11.6. The van der Waals surface area contributed by atoms with Crippen LogP contribution in [0.2, 0.25) is 0 Å². The van der Waals surface area contributed by atoms with Crippen molar-refractivity contribution in [3.63, 3.8) is 0 Å². The van der Waals surface area contributed by atoms with Gasteiger partial charge in [-0.05, 0) is 19.8 Å². The Hall–Kier alpha value is -1.78. The lowest BCUT2D eigenvalue weighted by molar-refractivity contribution is 0.146. The van der Waals surface area contributed by atoms with E-state index in [0.29, 0.717) is 13.2 Å². The van der Waals surface area contributed by atoms with E-state index in [1.165, 1.54) is 0 Å². The summed E-state index contributed by atoms with van der Waals surface area (Å²) in [5.41, 5.74) is 1.05. The van der Waals surface area contributed by atoms with Crippen LogP contribution in [0.3, 0.4) is 0 Å². The summed E-state index contributed by atoms with van der Waals surface area (Å²) >= 11 is 0. The molecule has 0 aromatic carbocycles. The topological polar surface area (TPSA) is 67.0 Å². The fourth-order valence-corrected chi connectivity index (χ4v) is 1.16. The zero-order valence-corrected chi connectivity index (χ0v) is 9.40. The summed E-state index contributed by atoms with van der Waals surface area (Å²) in [5, 5.41) is 2.61. The van der Waals surface area contributed by atoms with Crippen molar-refractivity contribution in [2.45, 2.75) is 19.8 Å². The quantitative estimate of drug-likeness (QED) is 0.569. The Morgan fingerprint density at radius 3 is 3.25 bits per heavy atom. The summed E-state index contributed by atoms with van der Waals surface area (Å²) in [7, 11) is 0. The maximum atomic E-state index is 11.1. The molecule has 0 aliphatic rings. The minimum Gasteiger partial charge on any atom is -0.450 e. The molecule has 2 N–H and O–H groups in total. The van der Waals surface area contributed by atoms with Gasteiger partial charge in [-0.15, -0.1) is 0 Å². The van der Waals surface area contributed by atoms with Gasteiger partial charge in [0.15, 0.2) is 0 Å². The lowest BCUT2D eigenvalue weighted by atomic mass is 10.3. The second kappa shape index (κ2) is 7.50. The Kier molecular flexibility index (Phi) is 5.76. The average molecular weight is 223 g/mol. The molecule has 0 fully saturated rings. The van der Waals surface area contributed by atoms with Crippen molar-refractivity contribution in [2.75, 3.05) is 13.2 Å². The van der Waals surface area contributed by atoms with Gasteiger partial charge in [-0.2, -0.15) is 0 Å². The fourth-order valence-electron chi connectivity index (χ4n) is 1.16. The number of aromatic amines is 1. The molecule has 0 spiro atoms. The first-order valence-electron chi connectivity index (χ1n) is 5.32. The van der Waals surface area contributed by atoms with Crippen molar-refractivity contribution >= 4 is 6.09 Å². The Balaban J connectivity index is 2.00. The van der Waals surface area contributed by atoms with Crippen LogP contribution >= 0.6 is 0 Å². The first-order chi connectivity index (χ1) is 7.83. The third-order valence-corrected chi connectivity index (χ3v) is 1.98. The lowest BCUT2D eigenvalue weighted by Gasteiger charge is -2.04. The van der Waals surface area contributed by atoms with Crippen LogP contribution in [0.5, 0.6) is 0 Å². The lowest BCUT2D eigenvalue weighted by Crippen LogP contribution is -2.24. The number of carbonyl (C=O) groups excluding carboxylic acids is 1. The summed E-state index contributed by atoms with van der Waals surface area (Å²) in [4.78, 5) is 18.0. The smallest absolute Gasteiger partial charge is 0.407 e. The molecule has 16 heavy (non-hydrogen) atoms. The minimum atomic E-state index is -0.372. The van der Waals surface area contributed by atoms with Gasteiger partial charge in [0.2, 0.25) is 0 Å². The number of ether oxygens (including phenoxy) is 1. The third kappa shape index (κ3) is 5.19. The molecule has 5 nitrogen and oxygen atoms in total. The number of imidazole rings is 1. The molecule has 1 amide bonds. The molecule has 0 saturated carbocycles. The summed E-state index contributed by atoms with van der Waals surface area (Å²) in [6, 6.07) is 0. The summed E-state index contributed by atoms with van der Waals surface area (Å²) < 4.78 is 4.97. The summed E-state index contributed by atoms with van der Waals surface area (Å²) in [6.45, 7) is 2.83. The second-order valence-electron chi connectivity index (χ2n) is 3.27. The number of hydrogen-bond acceptors (Lipinski definition) is 3. The van der Waals surface area contributed by atoms with E-state index in [9.17, 15) is 4.79 Å². The molecule has 1 rings (SSSR count). The molecule has 1 heterocycles. The van der Waals surface area contributed by atoms with Gasteiger partial charge in [-0.25, -0.2) is 9.78 Å². The van der Waals surface area contributed by atoms with E-state index in [-0.39, 0.29) is 6.09 Å². The molecule has 5 heteroatoms. The number of nitrogens with zero attached hydrogens (tertiary/aromatic N) is 1. The molecule has 0 atom stereocenters. The molecular formula is C11H17N3O2. The standard InChI is InChI=1S/C11H17N3O2/c1-2-3-6-13-11(15)16-7-4-5-10-8-12-9-14-10/h2-3,8-9H,4-7H2,1H3,(H,12,14)(H,13,15)/b3-2+. The van der Waals surface area contributed by atoms with Gasteiger partial charge in [0.1, 0.15) is 0 Å². The first kappa shape index (κ1) is 12.3. The SMILES string of the molecule is C/C=C/CNC(=O)OCCCc1cnc[nH]1. The number of rotatable bonds is 6. The Labute approximate surface area is 94.9 Å². The maximum Gasteiger partial charge on any atom is 0.407 e. The molecule has 1 aromatic heterocycles. The molecule has 0 bridgehead atoms. The highest BCUT2D eigenvalue weighted by Crippen LogP contribution is 1.96. The monoisotopic (exact) mass is 223 g/mol. The van der Waals surface area contributed by atoms with Crippen LogP contribution in [0.1, 0.15) is 19.0 Å². The Bertz CT molecular complexity index is 320. The van der Waals surface area contributed by atoms with E-state index >= 15 is 0 Å². The van der Waals surface area contributed by atoms with E-state index < -0.39 is 0 Å². The van der Waals surface area contributed by atoms with Crippen LogP contribution in [-0.4, -0.2) is 29.2 Å². The number of allylic oxidation sites excluding steroid dienone is 1. The van der Waals surface area contributed by atoms with E-state index in [1.807, 2.05) is 19.1 Å². The van der Waals surface area contributed by atoms with Gasteiger partial charge in [0, 0.05) is 18.4 Å². The van der Waals surface area contributed by atoms with Gasteiger partial charge in [0.05, 0.1) is 12.9 Å². The summed E-state index contributed by atoms with van der Waals surface area (Å²) in [6.07, 6.45) is 8.39. The van der Waals surface area contributed by atoms with E-state index in [4.69, 9.17) is 4.74 Å². The number of aryl methyl sites for hydroxylation is 1. The highest BCUT2D eigenvalue weighted by molar-refractivity contribution is 5.67. The van der Waals surface area contributed by atoms with Crippen LogP contribution in [0.25, 0.3) is 0 Å². The van der Waals surface area contributed by atoms with Crippen molar-refractivity contribution < 1.29 is 9.53 Å². The third-order valence-electron chi connectivity index (χ3n) is 1.98. The van der Waals surface area contributed by atoms with Crippen molar-refractivity contribution in [2.24, 2.45) is 0 Å². The predicted octanol–water partition coefficient (Wildman–Crippen LogP) is 1.64. The highest BCUT2D eigenvalue weighted by Gasteiger charge is 1.99. The van der Waals surface area contributed by atoms with Crippen LogP contribution in [0.15, 0.2) is 24.7 Å². The van der Waals surface area contributed by atoms with Crippen molar-refractivity contribution in [1.82, 2.24) is 15.3 Å². The Morgan fingerprint density at radius 1 is 1.69 bits per heavy atom. The van der Waals surface area contributed by atoms with Crippen LogP contribution in [-0.2, 0) is 11.2 Å². The normalized spacial score (nSPS) is 10.6. The molecule has 0 aliphatic heterocycles. The number of H-pyrrole nitrogens is 1. The molecule has 0 saturated heterocycles. The highest BCUT2D eigenvalue weighted by atomic mass is 16.5. The number of nitrogens with one attached hydrogen (secondary N) is 2. The predicted molar refractivity (Wildman–Crippen MR) is 61.1 cm³/mol. The maximum absolute atomic E-state index is 11.1. The molecular weight excluding hydrogens is 206 g/mol. The zero-order valence-electron chi connectivity index (χ0n) is 9.40. The molecule has 88 valence electrons. The number of aromatic nitrogens is 2. The molecule has 0 unspecified atom stereocenters. The largest absolute Gasteiger partial charge is 0.450 e. The number of hydrogen-bond donors (Lipinski definition) is 2. The van der Waals surface area contributed by atoms with E-state index in [0.717, 1.165) is 18.5 Å². The van der Waals surface area contributed by atoms with Crippen molar-refractivity contribution in [3.8, 4) is 0 Å². The summed E-state index contributed by atoms with van der Waals surface area (Å²) in [5.74, 6) is 0. The van der Waals surface area contributed by atoms with Gasteiger partial charge in [0.25, 0.3) is 0 Å². The number of carbonyl (C=O) groups is 1. The van der Waals surface area contributed by atoms with Gasteiger partial charge in [-0.1, -0.05) is 12.2 Å². The van der Waals surface area contributed by atoms with Crippen molar-refractivity contribution in [3.05, 3.63) is 30.4 Å². The molecule has 1 aromatic rings. The van der Waals surface area contributed by atoms with Crippen molar-refractivity contribution in [1.29, 1.82) is 0 Å². The second-order valence-corrected chi connectivity index (χ2v) is 3.27. The number of alkyl carbamates (subject to hydrolysis) is 1. The van der Waals surface area contributed by atoms with E-state index in [2.05, 4.69) is 15.3 Å². The average Bonchev–Trinajstić information content (AvgIpc) is 2.78. The van der Waals surface area contributed by atoms with Gasteiger partial charge < -0.3 is 15.0 Å². The molecule has 0 radical (unpaired) electrons. The Morgan fingerprint density at radius 2 is 2.56 bits per heavy atom. The minimum absolute atomic E-state index is 0.372. The van der Waals surface area contributed by atoms with Gasteiger partial charge >= 0.3 is 6.09 Å². The number of amides is 1. The van der Waals surface area contributed by atoms with Crippen LogP contribution in [0, 0.1) is 0 Å². The van der Waals surface area contributed by atoms with Crippen LogP contribution in [0.4, 0.5) is 4.79 Å². The van der Waals surface area contributed by atoms with Crippen LogP contribution < -0.4 is 5.32 Å². The fraction of sp³-hybridized carbons (Fsp3) is 0.455. The molecule has 0 aliphatic carbocycles. The first-order valence-corrected chi connectivity index (χ1v) is 5.32. The van der Waals surface area contributed by atoms with Gasteiger partial charge in [-0.3, -0.25) is 0 Å². The van der Waals surface area contributed by atoms with E-state index in [1.54, 1.807) is 12.5 Å².